The fourth-order valence-corrected chi connectivity index (χ4v) is 5.77. The lowest BCUT2D eigenvalue weighted by Gasteiger charge is -2.44. The normalized spacial score (nSPS) is 43.5. The van der Waals surface area contributed by atoms with Gasteiger partial charge in [-0.2, -0.15) is 0 Å². The average Bonchev–Trinajstić information content (AvgIpc) is 2.94. The first-order valence-corrected chi connectivity index (χ1v) is 9.91. The van der Waals surface area contributed by atoms with Crippen LogP contribution in [0.15, 0.2) is 35.5 Å². The van der Waals surface area contributed by atoms with E-state index in [9.17, 15) is 15.3 Å². The summed E-state index contributed by atoms with van der Waals surface area (Å²) in [6.07, 6.45) is 10.4. The molecule has 3 rings (SSSR count). The maximum Gasteiger partial charge on any atom is 0.0809 e. The first-order chi connectivity index (χ1) is 11.9. The molecule has 3 aliphatic rings. The predicted molar refractivity (Wildman–Crippen MR) is 101 cm³/mol. The monoisotopic (exact) mass is 346 g/mol. The van der Waals surface area contributed by atoms with Crippen molar-refractivity contribution in [1.29, 1.82) is 0 Å². The van der Waals surface area contributed by atoms with E-state index in [0.29, 0.717) is 41.6 Å². The molecule has 0 saturated heterocycles. The maximum absolute atomic E-state index is 10.0. The molecule has 0 amide bonds. The zero-order valence-electron chi connectivity index (χ0n) is 15.7. The molecule has 0 radical (unpaired) electrons. The van der Waals surface area contributed by atoms with Crippen molar-refractivity contribution in [2.24, 2.45) is 23.2 Å². The highest BCUT2D eigenvalue weighted by Crippen LogP contribution is 2.59. The second kappa shape index (κ2) is 7.38. The van der Waals surface area contributed by atoms with Gasteiger partial charge in [-0.05, 0) is 73.7 Å². The highest BCUT2D eigenvalue weighted by atomic mass is 16.3. The van der Waals surface area contributed by atoms with Crippen molar-refractivity contribution in [3.63, 3.8) is 0 Å². The summed E-state index contributed by atoms with van der Waals surface area (Å²) in [7, 11) is 0. The van der Waals surface area contributed by atoms with E-state index in [1.165, 1.54) is 31.3 Å². The van der Waals surface area contributed by atoms with E-state index >= 15 is 0 Å². The molecule has 0 heterocycles. The molecule has 0 aliphatic heterocycles. The molecule has 3 saturated carbocycles. The van der Waals surface area contributed by atoms with E-state index in [1.807, 2.05) is 0 Å². The van der Waals surface area contributed by atoms with Gasteiger partial charge in [0.25, 0.3) is 0 Å². The van der Waals surface area contributed by atoms with Gasteiger partial charge in [-0.25, -0.2) is 0 Å². The van der Waals surface area contributed by atoms with Gasteiger partial charge >= 0.3 is 0 Å². The minimum absolute atomic E-state index is 0.287. The van der Waals surface area contributed by atoms with Gasteiger partial charge in [-0.3, -0.25) is 0 Å². The molecule has 140 valence electrons. The van der Waals surface area contributed by atoms with Crippen molar-refractivity contribution in [1.82, 2.24) is 0 Å². The topological polar surface area (TPSA) is 60.7 Å². The first-order valence-electron chi connectivity index (χ1n) is 9.91. The highest BCUT2D eigenvalue weighted by Gasteiger charge is 2.50. The van der Waals surface area contributed by atoms with Crippen LogP contribution in [0.5, 0.6) is 0 Å². The van der Waals surface area contributed by atoms with Crippen LogP contribution in [-0.2, 0) is 0 Å². The van der Waals surface area contributed by atoms with Crippen molar-refractivity contribution in [2.45, 2.75) is 71.0 Å². The molecule has 0 aromatic heterocycles. The Morgan fingerprint density at radius 3 is 2.52 bits per heavy atom. The van der Waals surface area contributed by atoms with Crippen LogP contribution >= 0.6 is 0 Å². The molecule has 3 fully saturated rings. The highest BCUT2D eigenvalue weighted by molar-refractivity contribution is 5.29. The number of fused-ring (bicyclic) bond motifs is 1. The predicted octanol–water partition coefficient (Wildman–Crippen LogP) is 3.76. The van der Waals surface area contributed by atoms with Crippen molar-refractivity contribution in [2.75, 3.05) is 6.61 Å². The lowest BCUT2D eigenvalue weighted by molar-refractivity contribution is 0.0690. The molecule has 0 aromatic carbocycles. The van der Waals surface area contributed by atoms with Gasteiger partial charge in [0.1, 0.15) is 0 Å². The summed E-state index contributed by atoms with van der Waals surface area (Å²) in [5.74, 6) is 1.60. The van der Waals surface area contributed by atoms with Crippen LogP contribution in [-0.4, -0.2) is 34.1 Å². The smallest absolute Gasteiger partial charge is 0.0809 e. The number of allylic oxidation sites excluding steroid dienone is 3. The van der Waals surface area contributed by atoms with Crippen LogP contribution < -0.4 is 0 Å². The summed E-state index contributed by atoms with van der Waals surface area (Å²) in [4.78, 5) is 0. The van der Waals surface area contributed by atoms with Gasteiger partial charge in [0, 0.05) is 6.61 Å². The van der Waals surface area contributed by atoms with Gasteiger partial charge in [-0.15, -0.1) is 0 Å². The van der Waals surface area contributed by atoms with E-state index in [1.54, 1.807) is 0 Å². The zero-order valence-corrected chi connectivity index (χ0v) is 15.7. The van der Waals surface area contributed by atoms with Gasteiger partial charge in [0.2, 0.25) is 0 Å². The number of aliphatic hydroxyl groups is 3. The Morgan fingerprint density at radius 2 is 1.88 bits per heavy atom. The Kier molecular flexibility index (Phi) is 5.57. The standard InChI is InChI=1S/C22H34O3/c1-14(13-23)18-8-9-19-17(5-4-10-22(18,19)3)7-6-16-11-20(24)15(2)21(25)12-16/h6-7,14,18-21,23-25H,2,4-5,8-13H2,1,3H3/b16-6?,17-7+/t14-,18-,19+,20-,21?,22-/m1/s1. The summed E-state index contributed by atoms with van der Waals surface area (Å²) in [5.41, 5.74) is 3.50. The van der Waals surface area contributed by atoms with Crippen LogP contribution in [0.2, 0.25) is 0 Å². The maximum atomic E-state index is 10.0. The quantitative estimate of drug-likeness (QED) is 0.682. The summed E-state index contributed by atoms with van der Waals surface area (Å²) < 4.78 is 0. The average molecular weight is 347 g/mol. The molecule has 0 aromatic rings. The van der Waals surface area contributed by atoms with Crippen LogP contribution in [0.1, 0.15) is 58.8 Å². The molecule has 3 aliphatic carbocycles. The SMILES string of the molecule is C=C1C(O)CC(=C/C=C2\CCC[C@]3(C)[C@@H]([C@H](C)CO)CC[C@@H]23)C[C@H]1O. The van der Waals surface area contributed by atoms with Crippen LogP contribution in [0.3, 0.4) is 0 Å². The van der Waals surface area contributed by atoms with E-state index in [2.05, 4.69) is 32.6 Å². The van der Waals surface area contributed by atoms with Gasteiger partial charge in [-0.1, -0.05) is 43.7 Å². The fourth-order valence-electron chi connectivity index (χ4n) is 5.77. The summed E-state index contributed by atoms with van der Waals surface area (Å²) in [6.45, 7) is 8.69. The third kappa shape index (κ3) is 3.51. The molecule has 0 spiro atoms. The molecule has 6 atom stereocenters. The molecular formula is C22H34O3. The second-order valence-corrected chi connectivity index (χ2v) is 8.84. The molecule has 3 heteroatoms. The molecular weight excluding hydrogens is 312 g/mol. The minimum Gasteiger partial charge on any atom is -0.396 e. The van der Waals surface area contributed by atoms with Gasteiger partial charge in [0.05, 0.1) is 12.2 Å². The van der Waals surface area contributed by atoms with Gasteiger partial charge < -0.3 is 15.3 Å². The van der Waals surface area contributed by atoms with Crippen molar-refractivity contribution >= 4 is 0 Å². The van der Waals surface area contributed by atoms with E-state index in [0.717, 1.165) is 12.0 Å². The zero-order chi connectivity index (χ0) is 18.2. The summed E-state index contributed by atoms with van der Waals surface area (Å²) >= 11 is 0. The fraction of sp³-hybridized carbons (Fsp3) is 0.727. The molecule has 3 nitrogen and oxygen atoms in total. The lowest BCUT2D eigenvalue weighted by atomic mass is 9.61. The number of aliphatic hydroxyl groups excluding tert-OH is 3. The first kappa shape index (κ1) is 18.9. The molecule has 0 bridgehead atoms. The Hall–Kier alpha value is -0.900. The molecule has 25 heavy (non-hydrogen) atoms. The van der Waals surface area contributed by atoms with Crippen molar-refractivity contribution in [3.8, 4) is 0 Å². The Balaban J connectivity index is 1.78. The van der Waals surface area contributed by atoms with E-state index < -0.39 is 12.2 Å². The van der Waals surface area contributed by atoms with Crippen molar-refractivity contribution in [3.05, 3.63) is 35.5 Å². The van der Waals surface area contributed by atoms with Gasteiger partial charge in [0.15, 0.2) is 0 Å². The van der Waals surface area contributed by atoms with Crippen LogP contribution in [0, 0.1) is 23.2 Å². The van der Waals surface area contributed by atoms with Crippen molar-refractivity contribution < 1.29 is 15.3 Å². The van der Waals surface area contributed by atoms with Crippen LogP contribution in [0.25, 0.3) is 0 Å². The largest absolute Gasteiger partial charge is 0.396 e. The molecule has 1 unspecified atom stereocenters. The summed E-state index contributed by atoms with van der Waals surface area (Å²) in [6, 6.07) is 0. The third-order valence-corrected chi connectivity index (χ3v) is 7.31. The van der Waals surface area contributed by atoms with Crippen LogP contribution in [0.4, 0.5) is 0 Å². The summed E-state index contributed by atoms with van der Waals surface area (Å²) in [5, 5.41) is 29.7. The number of hydrogen-bond donors (Lipinski definition) is 3. The minimum atomic E-state index is -0.619. The Labute approximate surface area is 152 Å². The number of rotatable bonds is 3. The molecule has 3 N–H and O–H groups in total. The van der Waals surface area contributed by atoms with E-state index in [4.69, 9.17) is 0 Å². The lowest BCUT2D eigenvalue weighted by Crippen LogP contribution is -2.36. The Morgan fingerprint density at radius 1 is 1.20 bits per heavy atom. The number of hydrogen-bond acceptors (Lipinski definition) is 3. The Bertz CT molecular complexity index is 560. The van der Waals surface area contributed by atoms with E-state index in [-0.39, 0.29) is 6.61 Å². The second-order valence-electron chi connectivity index (χ2n) is 8.84. The third-order valence-electron chi connectivity index (χ3n) is 7.31.